The summed E-state index contributed by atoms with van der Waals surface area (Å²) in [6.45, 7) is 2.20. The van der Waals surface area contributed by atoms with E-state index >= 15 is 0 Å². The van der Waals surface area contributed by atoms with E-state index < -0.39 is 0 Å². The molecule has 52 valence electrons. The highest BCUT2D eigenvalue weighted by Crippen LogP contribution is 2.47. The normalized spacial score (nSPS) is 39.0. The monoisotopic (exact) mass is 126 g/mol. The number of ether oxygens (including phenoxy) is 1. The zero-order chi connectivity index (χ0) is 6.32. The van der Waals surface area contributed by atoms with Crippen LogP contribution in [0.5, 0.6) is 0 Å². The van der Waals surface area contributed by atoms with Crippen LogP contribution in [0.1, 0.15) is 39.0 Å². The molecule has 1 heterocycles. The molecule has 0 aromatic rings. The van der Waals surface area contributed by atoms with Crippen molar-refractivity contribution in [2.24, 2.45) is 0 Å². The summed E-state index contributed by atoms with van der Waals surface area (Å²) >= 11 is 0. The molecule has 1 heteroatoms. The molecule has 2 rings (SSSR count). The van der Waals surface area contributed by atoms with Crippen LogP contribution in [-0.2, 0) is 4.74 Å². The zero-order valence-corrected chi connectivity index (χ0v) is 6.02. The molecule has 0 radical (unpaired) electrons. The smallest absolute Gasteiger partial charge is 0.0945 e. The molecule has 1 aliphatic carbocycles. The summed E-state index contributed by atoms with van der Waals surface area (Å²) < 4.78 is 5.55. The third-order valence-corrected chi connectivity index (χ3v) is 2.80. The molecule has 0 aromatic heterocycles. The third kappa shape index (κ3) is 0.787. The molecule has 2 aliphatic rings. The first-order valence-electron chi connectivity index (χ1n) is 4.01. The molecular formula is C8H14O. The number of hydrogen-bond donors (Lipinski definition) is 0. The first-order chi connectivity index (χ1) is 4.33. The standard InChI is InChI=1S/C8H14O/c1-7-8(9-7)5-3-2-4-6-8/h7H,2-6H2,1H3. The van der Waals surface area contributed by atoms with Gasteiger partial charge in [-0.2, -0.15) is 0 Å². The minimum atomic E-state index is 0.387. The van der Waals surface area contributed by atoms with Gasteiger partial charge in [-0.25, -0.2) is 0 Å². The van der Waals surface area contributed by atoms with Gasteiger partial charge in [0.25, 0.3) is 0 Å². The lowest BCUT2D eigenvalue weighted by Gasteiger charge is -2.17. The third-order valence-electron chi connectivity index (χ3n) is 2.80. The molecule has 1 spiro atoms. The van der Waals surface area contributed by atoms with Gasteiger partial charge < -0.3 is 4.74 Å². The molecule has 2 fully saturated rings. The molecule has 1 saturated carbocycles. The Hall–Kier alpha value is -0.0400. The van der Waals surface area contributed by atoms with E-state index in [2.05, 4.69) is 6.92 Å². The van der Waals surface area contributed by atoms with Crippen LogP contribution in [0.4, 0.5) is 0 Å². The zero-order valence-electron chi connectivity index (χ0n) is 6.02. The van der Waals surface area contributed by atoms with Gasteiger partial charge in [-0.1, -0.05) is 19.3 Å². The molecule has 1 saturated heterocycles. The van der Waals surface area contributed by atoms with Crippen LogP contribution in [0.25, 0.3) is 0 Å². The predicted molar refractivity (Wildman–Crippen MR) is 36.4 cm³/mol. The van der Waals surface area contributed by atoms with Crippen molar-refractivity contribution in [2.45, 2.75) is 50.7 Å². The van der Waals surface area contributed by atoms with Crippen molar-refractivity contribution in [3.05, 3.63) is 0 Å². The largest absolute Gasteiger partial charge is 0.366 e. The average Bonchev–Trinajstić information content (AvgIpc) is 2.44. The van der Waals surface area contributed by atoms with Gasteiger partial charge >= 0.3 is 0 Å². The van der Waals surface area contributed by atoms with E-state index in [4.69, 9.17) is 4.74 Å². The second-order valence-corrected chi connectivity index (χ2v) is 3.39. The van der Waals surface area contributed by atoms with Gasteiger partial charge in [0, 0.05) is 0 Å². The first kappa shape index (κ1) is 5.72. The highest BCUT2D eigenvalue weighted by Gasteiger charge is 2.52. The predicted octanol–water partition coefficient (Wildman–Crippen LogP) is 2.11. The van der Waals surface area contributed by atoms with Gasteiger partial charge in [-0.05, 0) is 19.8 Å². The fraction of sp³-hybridized carbons (Fsp3) is 1.00. The topological polar surface area (TPSA) is 12.5 Å². The Morgan fingerprint density at radius 2 is 1.78 bits per heavy atom. The summed E-state index contributed by atoms with van der Waals surface area (Å²) in [6, 6.07) is 0. The van der Waals surface area contributed by atoms with E-state index in [0.29, 0.717) is 11.7 Å². The van der Waals surface area contributed by atoms with E-state index in [1.54, 1.807) is 0 Å². The molecule has 0 N–H and O–H groups in total. The van der Waals surface area contributed by atoms with Crippen LogP contribution < -0.4 is 0 Å². The highest BCUT2D eigenvalue weighted by molar-refractivity contribution is 5.01. The summed E-state index contributed by atoms with van der Waals surface area (Å²) in [5.41, 5.74) is 0.387. The Balaban J connectivity index is 1.97. The van der Waals surface area contributed by atoms with Crippen LogP contribution in [0.15, 0.2) is 0 Å². The van der Waals surface area contributed by atoms with E-state index in [-0.39, 0.29) is 0 Å². The quantitative estimate of drug-likeness (QED) is 0.453. The lowest BCUT2D eigenvalue weighted by molar-refractivity contribution is 0.234. The van der Waals surface area contributed by atoms with Crippen LogP contribution in [0, 0.1) is 0 Å². The molecule has 9 heavy (non-hydrogen) atoms. The van der Waals surface area contributed by atoms with Crippen molar-refractivity contribution in [1.82, 2.24) is 0 Å². The van der Waals surface area contributed by atoms with Crippen molar-refractivity contribution in [3.63, 3.8) is 0 Å². The number of rotatable bonds is 0. The summed E-state index contributed by atoms with van der Waals surface area (Å²) in [4.78, 5) is 0. The van der Waals surface area contributed by atoms with E-state index in [9.17, 15) is 0 Å². The molecule has 0 aromatic carbocycles. The first-order valence-corrected chi connectivity index (χ1v) is 4.01. The SMILES string of the molecule is CC1OC12CCCCC2. The van der Waals surface area contributed by atoms with Gasteiger partial charge in [-0.15, -0.1) is 0 Å². The molecule has 1 unspecified atom stereocenters. The van der Waals surface area contributed by atoms with Gasteiger partial charge in [0.05, 0.1) is 11.7 Å². The van der Waals surface area contributed by atoms with E-state index in [1.165, 1.54) is 32.1 Å². The molecule has 1 aliphatic heterocycles. The fourth-order valence-electron chi connectivity index (χ4n) is 1.99. The average molecular weight is 126 g/mol. The molecule has 1 nitrogen and oxygen atoms in total. The maximum atomic E-state index is 5.55. The Bertz CT molecular complexity index is 114. The molecular weight excluding hydrogens is 112 g/mol. The van der Waals surface area contributed by atoms with E-state index in [0.717, 1.165) is 0 Å². The number of hydrogen-bond acceptors (Lipinski definition) is 1. The molecule has 0 amide bonds. The fourth-order valence-corrected chi connectivity index (χ4v) is 1.99. The van der Waals surface area contributed by atoms with Gasteiger partial charge in [-0.3, -0.25) is 0 Å². The summed E-state index contributed by atoms with van der Waals surface area (Å²) in [7, 11) is 0. The highest BCUT2D eigenvalue weighted by atomic mass is 16.6. The van der Waals surface area contributed by atoms with Crippen LogP contribution in [0.3, 0.4) is 0 Å². The van der Waals surface area contributed by atoms with Crippen LogP contribution in [0.2, 0.25) is 0 Å². The van der Waals surface area contributed by atoms with Crippen molar-refractivity contribution in [3.8, 4) is 0 Å². The van der Waals surface area contributed by atoms with Crippen LogP contribution >= 0.6 is 0 Å². The second kappa shape index (κ2) is 1.72. The number of epoxide rings is 1. The van der Waals surface area contributed by atoms with Crippen molar-refractivity contribution < 1.29 is 4.74 Å². The molecule has 1 atom stereocenters. The summed E-state index contributed by atoms with van der Waals surface area (Å²) in [5, 5.41) is 0. The minimum Gasteiger partial charge on any atom is -0.366 e. The van der Waals surface area contributed by atoms with E-state index in [1.807, 2.05) is 0 Å². The summed E-state index contributed by atoms with van der Waals surface area (Å²) in [5.74, 6) is 0. The Morgan fingerprint density at radius 3 is 2.11 bits per heavy atom. The lowest BCUT2D eigenvalue weighted by atomic mass is 9.87. The Morgan fingerprint density at radius 1 is 1.22 bits per heavy atom. The van der Waals surface area contributed by atoms with Crippen molar-refractivity contribution in [2.75, 3.05) is 0 Å². The second-order valence-electron chi connectivity index (χ2n) is 3.39. The maximum absolute atomic E-state index is 5.55. The van der Waals surface area contributed by atoms with Crippen LogP contribution in [-0.4, -0.2) is 11.7 Å². The Kier molecular flexibility index (Phi) is 1.10. The Labute approximate surface area is 56.4 Å². The van der Waals surface area contributed by atoms with Gasteiger partial charge in [0.15, 0.2) is 0 Å². The molecule has 0 bridgehead atoms. The lowest BCUT2D eigenvalue weighted by Crippen LogP contribution is -2.17. The van der Waals surface area contributed by atoms with Crippen molar-refractivity contribution in [1.29, 1.82) is 0 Å². The maximum Gasteiger partial charge on any atom is 0.0945 e. The minimum absolute atomic E-state index is 0.387. The van der Waals surface area contributed by atoms with Crippen molar-refractivity contribution >= 4 is 0 Å². The summed E-state index contributed by atoms with van der Waals surface area (Å²) in [6.07, 6.45) is 7.45. The van der Waals surface area contributed by atoms with Gasteiger partial charge in [0.1, 0.15) is 0 Å². The van der Waals surface area contributed by atoms with Gasteiger partial charge in [0.2, 0.25) is 0 Å².